The molecule has 1 aliphatic heterocycles. The monoisotopic (exact) mass is 190 g/mol. The van der Waals surface area contributed by atoms with Gasteiger partial charge in [-0.1, -0.05) is 0 Å². The Labute approximate surface area is 83.8 Å². The topological polar surface area (TPSA) is 33.2 Å². The van der Waals surface area contributed by atoms with Crippen molar-refractivity contribution in [1.29, 1.82) is 0 Å². The fraction of sp³-hybridized carbons (Fsp3) is 0.455. The van der Waals surface area contributed by atoms with E-state index in [0.29, 0.717) is 5.56 Å². The molecule has 0 N–H and O–H groups in total. The lowest BCUT2D eigenvalue weighted by molar-refractivity contribution is 0.0792. The Morgan fingerprint density at radius 3 is 2.64 bits per heavy atom. The molecule has 0 unspecified atom stereocenters. The molecule has 2 heterocycles. The third kappa shape index (κ3) is 1.76. The van der Waals surface area contributed by atoms with E-state index >= 15 is 0 Å². The summed E-state index contributed by atoms with van der Waals surface area (Å²) in [7, 11) is 0. The van der Waals surface area contributed by atoms with Crippen LogP contribution in [0.1, 0.15) is 28.9 Å². The lowest BCUT2D eigenvalue weighted by Gasteiger charge is -2.14. The Balaban J connectivity index is 2.14. The first-order chi connectivity index (χ1) is 6.77. The van der Waals surface area contributed by atoms with E-state index in [2.05, 4.69) is 4.98 Å². The Morgan fingerprint density at radius 2 is 2.07 bits per heavy atom. The van der Waals surface area contributed by atoms with Gasteiger partial charge in [0.05, 0.1) is 5.56 Å². The van der Waals surface area contributed by atoms with Crippen molar-refractivity contribution in [2.75, 3.05) is 13.1 Å². The summed E-state index contributed by atoms with van der Waals surface area (Å²) >= 11 is 0. The Morgan fingerprint density at radius 1 is 1.36 bits per heavy atom. The van der Waals surface area contributed by atoms with Crippen LogP contribution >= 0.6 is 0 Å². The zero-order chi connectivity index (χ0) is 9.97. The summed E-state index contributed by atoms with van der Waals surface area (Å²) in [5.74, 6) is 0.120. The molecule has 1 aromatic heterocycles. The van der Waals surface area contributed by atoms with E-state index in [1.165, 1.54) is 0 Å². The predicted octanol–water partition coefficient (Wildman–Crippen LogP) is 1.63. The van der Waals surface area contributed by atoms with Gasteiger partial charge in [0.25, 0.3) is 5.91 Å². The minimum atomic E-state index is 0.120. The number of rotatable bonds is 1. The quantitative estimate of drug-likeness (QED) is 0.674. The van der Waals surface area contributed by atoms with Gasteiger partial charge in [-0.3, -0.25) is 9.78 Å². The van der Waals surface area contributed by atoms with Crippen molar-refractivity contribution in [3.8, 4) is 0 Å². The molecular formula is C11H14N2O. The molecule has 14 heavy (non-hydrogen) atoms. The lowest BCUT2D eigenvalue weighted by Crippen LogP contribution is -2.27. The largest absolute Gasteiger partial charge is 0.339 e. The van der Waals surface area contributed by atoms with Crippen molar-refractivity contribution in [1.82, 2.24) is 9.88 Å². The summed E-state index contributed by atoms with van der Waals surface area (Å²) in [4.78, 5) is 17.9. The fourth-order valence-corrected chi connectivity index (χ4v) is 1.70. The minimum Gasteiger partial charge on any atom is -0.339 e. The van der Waals surface area contributed by atoms with Crippen molar-refractivity contribution in [2.45, 2.75) is 19.8 Å². The normalized spacial score (nSPS) is 15.9. The Hall–Kier alpha value is -1.38. The van der Waals surface area contributed by atoms with Crippen molar-refractivity contribution in [3.05, 3.63) is 29.6 Å². The van der Waals surface area contributed by atoms with Gasteiger partial charge in [-0.2, -0.15) is 0 Å². The van der Waals surface area contributed by atoms with E-state index in [1.54, 1.807) is 6.20 Å². The van der Waals surface area contributed by atoms with E-state index in [-0.39, 0.29) is 5.91 Å². The van der Waals surface area contributed by atoms with Gasteiger partial charge in [-0.25, -0.2) is 0 Å². The number of amides is 1. The fourth-order valence-electron chi connectivity index (χ4n) is 1.70. The number of hydrogen-bond donors (Lipinski definition) is 0. The van der Waals surface area contributed by atoms with Crippen LogP contribution in [-0.4, -0.2) is 28.9 Å². The predicted molar refractivity (Wildman–Crippen MR) is 54.1 cm³/mol. The molecule has 0 aromatic carbocycles. The van der Waals surface area contributed by atoms with E-state index in [1.807, 2.05) is 24.0 Å². The van der Waals surface area contributed by atoms with Crippen LogP contribution in [0, 0.1) is 6.92 Å². The highest BCUT2D eigenvalue weighted by Gasteiger charge is 2.19. The maximum atomic E-state index is 11.8. The molecule has 2 rings (SSSR count). The number of likely N-dealkylation sites (tertiary alicyclic amines) is 1. The maximum absolute atomic E-state index is 11.8. The van der Waals surface area contributed by atoms with Gasteiger partial charge in [-0.05, 0) is 31.9 Å². The van der Waals surface area contributed by atoms with Crippen LogP contribution in [0.15, 0.2) is 18.3 Å². The summed E-state index contributed by atoms with van der Waals surface area (Å²) in [6.07, 6.45) is 3.92. The van der Waals surface area contributed by atoms with Gasteiger partial charge in [0, 0.05) is 25.0 Å². The van der Waals surface area contributed by atoms with Crippen LogP contribution < -0.4 is 0 Å². The van der Waals surface area contributed by atoms with Crippen molar-refractivity contribution in [2.24, 2.45) is 0 Å². The molecule has 1 fully saturated rings. The first kappa shape index (κ1) is 9.19. The molecule has 0 radical (unpaired) electrons. The molecule has 1 aliphatic rings. The highest BCUT2D eigenvalue weighted by Crippen LogP contribution is 2.12. The highest BCUT2D eigenvalue weighted by molar-refractivity contribution is 5.94. The zero-order valence-electron chi connectivity index (χ0n) is 8.36. The molecule has 74 valence electrons. The number of aryl methyl sites for hydroxylation is 1. The molecule has 1 aromatic rings. The van der Waals surface area contributed by atoms with E-state index in [0.717, 1.165) is 31.6 Å². The molecular weight excluding hydrogens is 176 g/mol. The molecule has 3 heteroatoms. The summed E-state index contributed by atoms with van der Waals surface area (Å²) in [5.41, 5.74) is 1.65. The molecule has 1 amide bonds. The van der Waals surface area contributed by atoms with Crippen LogP contribution in [-0.2, 0) is 0 Å². The smallest absolute Gasteiger partial charge is 0.255 e. The maximum Gasteiger partial charge on any atom is 0.255 e. The van der Waals surface area contributed by atoms with Gasteiger partial charge >= 0.3 is 0 Å². The highest BCUT2D eigenvalue weighted by atomic mass is 16.2. The number of hydrogen-bond acceptors (Lipinski definition) is 2. The summed E-state index contributed by atoms with van der Waals surface area (Å²) in [6, 6.07) is 3.73. The minimum absolute atomic E-state index is 0.120. The lowest BCUT2D eigenvalue weighted by atomic mass is 10.2. The molecule has 1 saturated heterocycles. The summed E-state index contributed by atoms with van der Waals surface area (Å²) in [6.45, 7) is 3.71. The molecule has 0 bridgehead atoms. The van der Waals surface area contributed by atoms with Crippen molar-refractivity contribution >= 4 is 5.91 Å². The molecule has 0 atom stereocenters. The SMILES string of the molecule is Cc1ccc(C(=O)N2CCCC2)cn1. The summed E-state index contributed by atoms with van der Waals surface area (Å²) in [5, 5.41) is 0. The van der Waals surface area contributed by atoms with Crippen LogP contribution in [0.25, 0.3) is 0 Å². The van der Waals surface area contributed by atoms with Crippen molar-refractivity contribution < 1.29 is 4.79 Å². The van der Waals surface area contributed by atoms with Crippen LogP contribution in [0.3, 0.4) is 0 Å². The summed E-state index contributed by atoms with van der Waals surface area (Å²) < 4.78 is 0. The standard InChI is InChI=1S/C11H14N2O/c1-9-4-5-10(8-12-9)11(14)13-6-2-3-7-13/h4-5,8H,2-3,6-7H2,1H3. The number of nitrogens with zero attached hydrogens (tertiary/aromatic N) is 2. The van der Waals surface area contributed by atoms with Gasteiger partial charge in [0.15, 0.2) is 0 Å². The first-order valence-electron chi connectivity index (χ1n) is 4.99. The number of carbonyl (C=O) groups is 1. The van der Waals surface area contributed by atoms with E-state index < -0.39 is 0 Å². The molecule has 0 spiro atoms. The van der Waals surface area contributed by atoms with Crippen molar-refractivity contribution in [3.63, 3.8) is 0 Å². The average molecular weight is 190 g/mol. The van der Waals surface area contributed by atoms with E-state index in [9.17, 15) is 4.79 Å². The Bertz CT molecular complexity index is 326. The molecule has 0 saturated carbocycles. The number of pyridine rings is 1. The zero-order valence-corrected chi connectivity index (χ0v) is 8.36. The van der Waals surface area contributed by atoms with Gasteiger partial charge in [-0.15, -0.1) is 0 Å². The van der Waals surface area contributed by atoms with Crippen LogP contribution in [0.4, 0.5) is 0 Å². The average Bonchev–Trinajstić information content (AvgIpc) is 2.71. The third-order valence-corrected chi connectivity index (χ3v) is 2.55. The first-order valence-corrected chi connectivity index (χ1v) is 4.99. The number of aromatic nitrogens is 1. The van der Waals surface area contributed by atoms with Gasteiger partial charge < -0.3 is 4.90 Å². The molecule has 3 nitrogen and oxygen atoms in total. The second kappa shape index (κ2) is 3.78. The second-order valence-electron chi connectivity index (χ2n) is 3.69. The van der Waals surface area contributed by atoms with Gasteiger partial charge in [0.1, 0.15) is 0 Å². The van der Waals surface area contributed by atoms with E-state index in [4.69, 9.17) is 0 Å². The van der Waals surface area contributed by atoms with Crippen LogP contribution in [0.2, 0.25) is 0 Å². The Kier molecular flexibility index (Phi) is 2.48. The second-order valence-corrected chi connectivity index (χ2v) is 3.69. The van der Waals surface area contributed by atoms with Gasteiger partial charge in [0.2, 0.25) is 0 Å². The molecule has 0 aliphatic carbocycles. The number of carbonyl (C=O) groups excluding carboxylic acids is 1. The van der Waals surface area contributed by atoms with Crippen LogP contribution in [0.5, 0.6) is 0 Å². The third-order valence-electron chi connectivity index (χ3n) is 2.55.